The van der Waals surface area contributed by atoms with Gasteiger partial charge < -0.3 is 10.5 Å². The fourth-order valence-electron chi connectivity index (χ4n) is 1.13. The maximum absolute atomic E-state index is 11.3. The van der Waals surface area contributed by atoms with Crippen molar-refractivity contribution in [1.82, 2.24) is 4.98 Å². The van der Waals surface area contributed by atoms with E-state index >= 15 is 0 Å². The van der Waals surface area contributed by atoms with Crippen LogP contribution in [0.1, 0.15) is 19.3 Å². The van der Waals surface area contributed by atoms with Crippen LogP contribution in [0.3, 0.4) is 0 Å². The van der Waals surface area contributed by atoms with Crippen LogP contribution in [-0.2, 0) is 9.53 Å². The lowest BCUT2D eigenvalue weighted by atomic mass is 10.2. The number of hydrogen-bond acceptors (Lipinski definition) is 5. The minimum absolute atomic E-state index is 0.0855. The molecule has 0 saturated heterocycles. The van der Waals surface area contributed by atoms with Gasteiger partial charge in [0.25, 0.3) is 5.91 Å². The van der Waals surface area contributed by atoms with Gasteiger partial charge in [-0.3, -0.25) is 10.1 Å². The lowest BCUT2D eigenvalue weighted by molar-refractivity contribution is -0.120. The number of nitrogens with two attached hydrogens (primary N) is 1. The normalized spacial score (nSPS) is 10.3. The molecule has 0 unspecified atom stereocenters. The molecule has 0 atom stereocenters. The molecule has 0 aliphatic carbocycles. The summed E-state index contributed by atoms with van der Waals surface area (Å²) in [4.78, 5) is 15.3. The number of carbonyl (C=O) groups is 1. The summed E-state index contributed by atoms with van der Waals surface area (Å²) in [7, 11) is 0. The van der Waals surface area contributed by atoms with Crippen LogP contribution in [0.25, 0.3) is 0 Å². The van der Waals surface area contributed by atoms with Gasteiger partial charge in [-0.2, -0.15) is 0 Å². The molecule has 0 spiro atoms. The van der Waals surface area contributed by atoms with Crippen LogP contribution < -0.4 is 11.1 Å². The van der Waals surface area contributed by atoms with Gasteiger partial charge in [0.2, 0.25) is 0 Å². The Balaban J connectivity index is 1.98. The van der Waals surface area contributed by atoms with Crippen molar-refractivity contribution in [3.8, 4) is 0 Å². The molecule has 3 N–H and O–H groups in total. The van der Waals surface area contributed by atoms with E-state index in [0.717, 1.165) is 19.3 Å². The third-order valence-electron chi connectivity index (χ3n) is 1.90. The summed E-state index contributed by atoms with van der Waals surface area (Å²) in [5.74, 6) is -0.159. The Kier molecular flexibility index (Phi) is 6.71. The molecule has 0 aromatic carbocycles. The smallest absolute Gasteiger partial charge is 0.252 e. The van der Waals surface area contributed by atoms with E-state index in [1.54, 1.807) is 6.20 Å². The molecule has 1 amide bonds. The van der Waals surface area contributed by atoms with Gasteiger partial charge in [0.15, 0.2) is 5.13 Å². The lowest BCUT2D eigenvalue weighted by Crippen LogP contribution is -2.18. The summed E-state index contributed by atoms with van der Waals surface area (Å²) in [6, 6.07) is 0. The Morgan fingerprint density at radius 2 is 2.38 bits per heavy atom. The van der Waals surface area contributed by atoms with Gasteiger partial charge >= 0.3 is 0 Å². The van der Waals surface area contributed by atoms with Crippen LogP contribution in [0, 0.1) is 0 Å². The van der Waals surface area contributed by atoms with Gasteiger partial charge in [0.05, 0.1) is 0 Å². The number of nitrogens with zero attached hydrogens (tertiary/aromatic N) is 1. The molecule has 1 rings (SSSR count). The van der Waals surface area contributed by atoms with Crippen LogP contribution in [0.2, 0.25) is 0 Å². The summed E-state index contributed by atoms with van der Waals surface area (Å²) in [6.45, 7) is 1.40. The highest BCUT2D eigenvalue weighted by Gasteiger charge is 2.03. The highest BCUT2D eigenvalue weighted by atomic mass is 32.1. The number of carbonyl (C=O) groups excluding carboxylic acids is 1. The van der Waals surface area contributed by atoms with Gasteiger partial charge in [-0.15, -0.1) is 11.3 Å². The highest BCUT2D eigenvalue weighted by molar-refractivity contribution is 7.13. The Morgan fingerprint density at radius 1 is 1.50 bits per heavy atom. The Morgan fingerprint density at radius 3 is 3.06 bits per heavy atom. The molecule has 1 heterocycles. The van der Waals surface area contributed by atoms with E-state index in [1.807, 2.05) is 5.38 Å². The first kappa shape index (κ1) is 13.1. The number of rotatable bonds is 8. The highest BCUT2D eigenvalue weighted by Crippen LogP contribution is 2.09. The number of thiazole rings is 1. The second-order valence-electron chi connectivity index (χ2n) is 3.29. The minimum Gasteiger partial charge on any atom is -0.372 e. The van der Waals surface area contributed by atoms with Gasteiger partial charge in [-0.05, 0) is 25.8 Å². The maximum Gasteiger partial charge on any atom is 0.252 e. The standard InChI is InChI=1S/C10H17N3O2S/c11-4-2-1-3-6-15-8-9(14)13-10-12-5-7-16-10/h5,7H,1-4,6,8,11H2,(H,12,13,14). The summed E-state index contributed by atoms with van der Waals surface area (Å²) >= 11 is 1.39. The molecule has 90 valence electrons. The van der Waals surface area contributed by atoms with E-state index in [1.165, 1.54) is 11.3 Å². The van der Waals surface area contributed by atoms with E-state index in [9.17, 15) is 4.79 Å². The molecular formula is C10H17N3O2S. The van der Waals surface area contributed by atoms with E-state index in [2.05, 4.69) is 10.3 Å². The van der Waals surface area contributed by atoms with Gasteiger partial charge in [-0.1, -0.05) is 0 Å². The lowest BCUT2D eigenvalue weighted by Gasteiger charge is -2.03. The predicted octanol–water partition coefficient (Wildman–Crippen LogP) is 1.23. The molecule has 0 fully saturated rings. The van der Waals surface area contributed by atoms with Crippen molar-refractivity contribution >= 4 is 22.4 Å². The van der Waals surface area contributed by atoms with E-state index < -0.39 is 0 Å². The first-order valence-corrected chi connectivity index (χ1v) is 6.18. The molecule has 0 bridgehead atoms. The monoisotopic (exact) mass is 243 g/mol. The Labute approximate surface area is 99.0 Å². The summed E-state index contributed by atoms with van der Waals surface area (Å²) in [5, 5.41) is 5.06. The van der Waals surface area contributed by atoms with E-state index in [0.29, 0.717) is 18.3 Å². The third kappa shape index (κ3) is 5.79. The number of ether oxygens (including phenoxy) is 1. The first-order chi connectivity index (χ1) is 7.83. The van der Waals surface area contributed by atoms with Crippen molar-refractivity contribution in [2.45, 2.75) is 19.3 Å². The third-order valence-corrected chi connectivity index (χ3v) is 2.59. The summed E-state index contributed by atoms with van der Waals surface area (Å²) in [6.07, 6.45) is 4.65. The molecule has 0 aliphatic rings. The predicted molar refractivity (Wildman–Crippen MR) is 64.5 cm³/mol. The molecule has 16 heavy (non-hydrogen) atoms. The van der Waals surface area contributed by atoms with Crippen LogP contribution >= 0.6 is 11.3 Å². The maximum atomic E-state index is 11.3. The van der Waals surface area contributed by atoms with Crippen molar-refractivity contribution in [3.05, 3.63) is 11.6 Å². The first-order valence-electron chi connectivity index (χ1n) is 5.30. The average Bonchev–Trinajstić information content (AvgIpc) is 2.76. The van der Waals surface area contributed by atoms with Crippen LogP contribution in [-0.4, -0.2) is 30.6 Å². The fourth-order valence-corrected chi connectivity index (χ4v) is 1.68. The number of hydrogen-bond donors (Lipinski definition) is 2. The van der Waals surface area contributed by atoms with E-state index in [-0.39, 0.29) is 12.5 Å². The number of nitrogens with one attached hydrogen (secondary N) is 1. The van der Waals surface area contributed by atoms with E-state index in [4.69, 9.17) is 10.5 Å². The molecule has 1 aromatic heterocycles. The average molecular weight is 243 g/mol. The van der Waals surface area contributed by atoms with Crippen molar-refractivity contribution in [2.75, 3.05) is 25.1 Å². The van der Waals surface area contributed by atoms with Crippen molar-refractivity contribution < 1.29 is 9.53 Å². The minimum atomic E-state index is -0.159. The molecule has 0 saturated carbocycles. The topological polar surface area (TPSA) is 77.2 Å². The Hall–Kier alpha value is -0.980. The fraction of sp³-hybridized carbons (Fsp3) is 0.600. The van der Waals surface area contributed by atoms with Crippen molar-refractivity contribution in [1.29, 1.82) is 0 Å². The summed E-state index contributed by atoms with van der Waals surface area (Å²) in [5.41, 5.74) is 5.36. The summed E-state index contributed by atoms with van der Waals surface area (Å²) < 4.78 is 5.21. The zero-order valence-electron chi connectivity index (χ0n) is 9.15. The molecular weight excluding hydrogens is 226 g/mol. The molecule has 5 nitrogen and oxygen atoms in total. The van der Waals surface area contributed by atoms with Gasteiger partial charge in [0, 0.05) is 18.2 Å². The van der Waals surface area contributed by atoms with Gasteiger partial charge in [0.1, 0.15) is 6.61 Å². The molecule has 1 aromatic rings. The van der Waals surface area contributed by atoms with Gasteiger partial charge in [-0.25, -0.2) is 4.98 Å². The largest absolute Gasteiger partial charge is 0.372 e. The van der Waals surface area contributed by atoms with Crippen molar-refractivity contribution in [2.24, 2.45) is 5.73 Å². The number of anilines is 1. The zero-order chi connectivity index (χ0) is 11.6. The van der Waals surface area contributed by atoms with Crippen LogP contribution in [0.4, 0.5) is 5.13 Å². The van der Waals surface area contributed by atoms with Crippen molar-refractivity contribution in [3.63, 3.8) is 0 Å². The van der Waals surface area contributed by atoms with Crippen LogP contribution in [0.5, 0.6) is 0 Å². The SMILES string of the molecule is NCCCCCOCC(=O)Nc1nccs1. The molecule has 0 radical (unpaired) electrons. The van der Waals surface area contributed by atoms with Crippen LogP contribution in [0.15, 0.2) is 11.6 Å². The quantitative estimate of drug-likeness (QED) is 0.673. The molecule has 6 heteroatoms. The Bertz CT molecular complexity index is 290. The molecule has 0 aliphatic heterocycles. The number of aromatic nitrogens is 1. The second kappa shape index (κ2) is 8.20. The number of unbranched alkanes of at least 4 members (excludes halogenated alkanes) is 2. The zero-order valence-corrected chi connectivity index (χ0v) is 9.96. The number of amides is 1. The second-order valence-corrected chi connectivity index (χ2v) is 4.18.